The van der Waals surface area contributed by atoms with Crippen LogP contribution in [-0.2, 0) is 15.4 Å². The predicted octanol–water partition coefficient (Wildman–Crippen LogP) is 5.40. The van der Waals surface area contributed by atoms with E-state index < -0.39 is 10.0 Å². The third-order valence-corrected chi connectivity index (χ3v) is 8.63. The molecule has 28 heavy (non-hydrogen) atoms. The number of aryl methyl sites for hydroxylation is 1. The Bertz CT molecular complexity index is 978. The smallest absolute Gasteiger partial charge is 0.261 e. The number of anilines is 1. The van der Waals surface area contributed by atoms with Crippen LogP contribution in [0.5, 0.6) is 0 Å². The molecule has 0 heterocycles. The Morgan fingerprint density at radius 2 is 1.50 bits per heavy atom. The van der Waals surface area contributed by atoms with Crippen molar-refractivity contribution in [2.24, 2.45) is 17.8 Å². The number of sulfonamides is 1. The maximum absolute atomic E-state index is 13.3. The fraction of sp³-hybridized carbons (Fsp3) is 0.478. The topological polar surface area (TPSA) is 46.2 Å². The fourth-order valence-electron chi connectivity index (χ4n) is 6.40. The molecule has 0 aliphatic heterocycles. The molecule has 6 rings (SSSR count). The van der Waals surface area contributed by atoms with Gasteiger partial charge in [-0.2, -0.15) is 0 Å². The van der Waals surface area contributed by atoms with E-state index in [9.17, 15) is 12.8 Å². The summed E-state index contributed by atoms with van der Waals surface area (Å²) >= 11 is 0. The van der Waals surface area contributed by atoms with Crippen LogP contribution in [-0.4, -0.2) is 8.42 Å². The van der Waals surface area contributed by atoms with Gasteiger partial charge in [0.25, 0.3) is 10.0 Å². The standard InChI is InChI=1S/C23H26FNO2S/c1-15-8-20(24)4-7-22(15)25-28(26,27)21-5-2-19(3-6-21)23-12-16-9-17(13-23)11-18(10-16)14-23/h2-8,16-18,25H,9-14H2,1H3. The highest BCUT2D eigenvalue weighted by Crippen LogP contribution is 2.60. The van der Waals surface area contributed by atoms with Crippen LogP contribution in [0.2, 0.25) is 0 Å². The average molecular weight is 400 g/mol. The predicted molar refractivity (Wildman–Crippen MR) is 108 cm³/mol. The van der Waals surface area contributed by atoms with Crippen molar-refractivity contribution in [2.45, 2.75) is 55.8 Å². The van der Waals surface area contributed by atoms with Gasteiger partial charge in [0.05, 0.1) is 10.6 Å². The SMILES string of the molecule is Cc1cc(F)ccc1NS(=O)(=O)c1ccc(C23CC4CC(CC(C4)C2)C3)cc1. The lowest BCUT2D eigenvalue weighted by Crippen LogP contribution is -2.48. The number of rotatable bonds is 4. The summed E-state index contributed by atoms with van der Waals surface area (Å²) in [5.74, 6) is 2.20. The molecule has 4 saturated carbocycles. The molecule has 0 unspecified atom stereocenters. The van der Waals surface area contributed by atoms with Crippen molar-refractivity contribution >= 4 is 15.7 Å². The fourth-order valence-corrected chi connectivity index (χ4v) is 7.53. The Morgan fingerprint density at radius 3 is 2.04 bits per heavy atom. The Morgan fingerprint density at radius 1 is 0.929 bits per heavy atom. The van der Waals surface area contributed by atoms with Crippen LogP contribution in [0.1, 0.15) is 49.7 Å². The molecule has 0 atom stereocenters. The monoisotopic (exact) mass is 399 g/mol. The Hall–Kier alpha value is -1.88. The van der Waals surface area contributed by atoms with E-state index in [0.29, 0.717) is 11.3 Å². The number of nitrogens with one attached hydrogen (secondary N) is 1. The van der Waals surface area contributed by atoms with Crippen molar-refractivity contribution in [3.8, 4) is 0 Å². The first kappa shape index (κ1) is 18.2. The molecule has 0 aromatic heterocycles. The first-order chi connectivity index (χ1) is 13.3. The van der Waals surface area contributed by atoms with Crippen molar-refractivity contribution in [1.82, 2.24) is 0 Å². The molecule has 0 saturated heterocycles. The zero-order valence-electron chi connectivity index (χ0n) is 16.1. The number of hydrogen-bond donors (Lipinski definition) is 1. The van der Waals surface area contributed by atoms with Crippen LogP contribution in [0.15, 0.2) is 47.4 Å². The minimum Gasteiger partial charge on any atom is -0.279 e. The lowest BCUT2D eigenvalue weighted by molar-refractivity contribution is -0.00521. The third kappa shape index (κ3) is 3.04. The van der Waals surface area contributed by atoms with Crippen LogP contribution >= 0.6 is 0 Å². The summed E-state index contributed by atoms with van der Waals surface area (Å²) in [6.45, 7) is 1.69. The van der Waals surface area contributed by atoms with E-state index >= 15 is 0 Å². The lowest BCUT2D eigenvalue weighted by Gasteiger charge is -2.57. The van der Waals surface area contributed by atoms with Gasteiger partial charge in [0.1, 0.15) is 5.82 Å². The second kappa shape index (κ2) is 6.31. The van der Waals surface area contributed by atoms with Crippen molar-refractivity contribution in [3.63, 3.8) is 0 Å². The normalized spacial score (nSPS) is 31.1. The molecule has 4 bridgehead atoms. The van der Waals surface area contributed by atoms with Crippen molar-refractivity contribution in [2.75, 3.05) is 4.72 Å². The van der Waals surface area contributed by atoms with E-state index in [1.165, 1.54) is 62.3 Å². The lowest BCUT2D eigenvalue weighted by atomic mass is 9.48. The number of hydrogen-bond acceptors (Lipinski definition) is 2. The van der Waals surface area contributed by atoms with E-state index in [1.807, 2.05) is 12.1 Å². The van der Waals surface area contributed by atoms with E-state index in [-0.39, 0.29) is 16.1 Å². The molecular formula is C23H26FNO2S. The third-order valence-electron chi connectivity index (χ3n) is 7.25. The molecular weight excluding hydrogens is 373 g/mol. The highest BCUT2D eigenvalue weighted by molar-refractivity contribution is 7.92. The minimum absolute atomic E-state index is 0.254. The summed E-state index contributed by atoms with van der Waals surface area (Å²) in [5.41, 5.74) is 2.54. The van der Waals surface area contributed by atoms with Crippen LogP contribution in [0, 0.1) is 30.5 Å². The van der Waals surface area contributed by atoms with Gasteiger partial charge in [-0.25, -0.2) is 12.8 Å². The molecule has 0 amide bonds. The van der Waals surface area contributed by atoms with Crippen molar-refractivity contribution < 1.29 is 12.8 Å². The van der Waals surface area contributed by atoms with E-state index in [2.05, 4.69) is 4.72 Å². The molecule has 3 nitrogen and oxygen atoms in total. The highest BCUT2D eigenvalue weighted by Gasteiger charge is 2.51. The summed E-state index contributed by atoms with van der Waals surface area (Å²) in [4.78, 5) is 0.254. The first-order valence-electron chi connectivity index (χ1n) is 10.2. The minimum atomic E-state index is -3.69. The second-order valence-corrected chi connectivity index (χ2v) is 11.0. The highest BCUT2D eigenvalue weighted by atomic mass is 32.2. The van der Waals surface area contributed by atoms with Gasteiger partial charge in [-0.15, -0.1) is 0 Å². The Balaban J connectivity index is 1.40. The van der Waals surface area contributed by atoms with E-state index in [0.717, 1.165) is 17.8 Å². The summed E-state index contributed by atoms with van der Waals surface area (Å²) in [6.07, 6.45) is 7.97. The molecule has 4 aliphatic carbocycles. The molecule has 0 radical (unpaired) electrons. The van der Waals surface area contributed by atoms with Gasteiger partial charge in [0, 0.05) is 0 Å². The Labute approximate surface area is 166 Å². The summed E-state index contributed by atoms with van der Waals surface area (Å²) in [6, 6.07) is 11.6. The molecule has 148 valence electrons. The van der Waals surface area contributed by atoms with E-state index in [4.69, 9.17) is 0 Å². The van der Waals surface area contributed by atoms with Crippen molar-refractivity contribution in [3.05, 3.63) is 59.4 Å². The Kier molecular flexibility index (Phi) is 4.10. The van der Waals surface area contributed by atoms with Crippen LogP contribution < -0.4 is 4.72 Å². The van der Waals surface area contributed by atoms with Crippen LogP contribution in [0.3, 0.4) is 0 Å². The summed E-state index contributed by atoms with van der Waals surface area (Å²) < 4.78 is 41.5. The van der Waals surface area contributed by atoms with Gasteiger partial charge in [-0.05, 0) is 110 Å². The average Bonchev–Trinajstić information content (AvgIpc) is 2.63. The molecule has 4 aliphatic rings. The number of benzene rings is 2. The zero-order chi connectivity index (χ0) is 19.5. The van der Waals surface area contributed by atoms with E-state index in [1.54, 1.807) is 19.1 Å². The second-order valence-electron chi connectivity index (χ2n) is 9.29. The molecule has 1 N–H and O–H groups in total. The van der Waals surface area contributed by atoms with Gasteiger partial charge in [0.2, 0.25) is 0 Å². The number of halogens is 1. The van der Waals surface area contributed by atoms with Gasteiger partial charge in [-0.3, -0.25) is 4.72 Å². The molecule has 4 fully saturated rings. The van der Waals surface area contributed by atoms with Gasteiger partial charge < -0.3 is 0 Å². The summed E-state index contributed by atoms with van der Waals surface area (Å²) in [7, 11) is -3.69. The molecule has 2 aromatic rings. The quantitative estimate of drug-likeness (QED) is 0.748. The molecule has 0 spiro atoms. The maximum atomic E-state index is 13.3. The first-order valence-corrected chi connectivity index (χ1v) is 11.7. The molecule has 5 heteroatoms. The summed E-state index contributed by atoms with van der Waals surface area (Å²) in [5, 5.41) is 0. The van der Waals surface area contributed by atoms with Crippen molar-refractivity contribution in [1.29, 1.82) is 0 Å². The van der Waals surface area contributed by atoms with Crippen LogP contribution in [0.4, 0.5) is 10.1 Å². The van der Waals surface area contributed by atoms with Gasteiger partial charge >= 0.3 is 0 Å². The molecule has 2 aromatic carbocycles. The van der Waals surface area contributed by atoms with Gasteiger partial charge in [0.15, 0.2) is 0 Å². The maximum Gasteiger partial charge on any atom is 0.261 e. The van der Waals surface area contributed by atoms with Gasteiger partial charge in [-0.1, -0.05) is 12.1 Å². The van der Waals surface area contributed by atoms with Crippen LogP contribution in [0.25, 0.3) is 0 Å². The zero-order valence-corrected chi connectivity index (χ0v) is 16.9. The largest absolute Gasteiger partial charge is 0.279 e.